The van der Waals surface area contributed by atoms with Crippen molar-refractivity contribution in [3.8, 4) is 0 Å². The highest BCUT2D eigenvalue weighted by molar-refractivity contribution is 6.34. The van der Waals surface area contributed by atoms with Crippen LogP contribution in [0, 0.1) is 17.8 Å². The Morgan fingerprint density at radius 3 is 2.75 bits per heavy atom. The Kier molecular flexibility index (Phi) is 2.58. The van der Waals surface area contributed by atoms with Gasteiger partial charge in [-0.2, -0.15) is 0 Å². The lowest BCUT2D eigenvalue weighted by Gasteiger charge is -2.14. The van der Waals surface area contributed by atoms with E-state index >= 15 is 0 Å². The normalized spacial score (nSPS) is 29.6. The number of hydrogen-bond donors (Lipinski definition) is 2. The number of hydrogen-bond acceptors (Lipinski definition) is 2. The largest absolute Gasteiger partial charge is 0.325 e. The monoisotopic (exact) mass is 290 g/mol. The van der Waals surface area contributed by atoms with E-state index in [-0.39, 0.29) is 17.7 Å². The molecule has 1 heterocycles. The van der Waals surface area contributed by atoms with Crippen molar-refractivity contribution in [2.24, 2.45) is 17.8 Å². The molecular formula is C15H15ClN2O2. The Labute approximate surface area is 121 Å². The summed E-state index contributed by atoms with van der Waals surface area (Å²) in [5.41, 5.74) is 2.26. The molecule has 4 rings (SSSR count). The van der Waals surface area contributed by atoms with Crippen LogP contribution in [0.15, 0.2) is 12.1 Å². The number of halogens is 1. The van der Waals surface area contributed by atoms with Gasteiger partial charge in [0.2, 0.25) is 11.8 Å². The molecule has 2 amide bonds. The van der Waals surface area contributed by atoms with E-state index in [9.17, 15) is 9.59 Å². The maximum Gasteiger partial charge on any atom is 0.228 e. The molecule has 1 aliphatic heterocycles. The van der Waals surface area contributed by atoms with Crippen molar-refractivity contribution >= 4 is 34.8 Å². The first-order chi connectivity index (χ1) is 9.60. The van der Waals surface area contributed by atoms with Crippen LogP contribution < -0.4 is 10.6 Å². The van der Waals surface area contributed by atoms with Crippen molar-refractivity contribution in [1.82, 2.24) is 0 Å². The van der Waals surface area contributed by atoms with E-state index in [4.69, 9.17) is 11.6 Å². The van der Waals surface area contributed by atoms with Gasteiger partial charge in [-0.15, -0.1) is 0 Å². The highest BCUT2D eigenvalue weighted by atomic mass is 35.5. The minimum atomic E-state index is -0.0320. The van der Waals surface area contributed by atoms with Crippen LogP contribution in [0.1, 0.15) is 24.8 Å². The Morgan fingerprint density at radius 2 is 2.00 bits per heavy atom. The SMILES string of the molecule is O=C1Cc2cc(NC(=O)C3CC4CC4C3)c(Cl)cc2N1. The van der Waals surface area contributed by atoms with Gasteiger partial charge in [0.15, 0.2) is 0 Å². The molecule has 0 radical (unpaired) electrons. The summed E-state index contributed by atoms with van der Waals surface area (Å²) in [5, 5.41) is 6.15. The predicted octanol–water partition coefficient (Wildman–Crippen LogP) is 2.82. The standard InChI is InChI=1S/C15H15ClN2O2/c16-11-6-12-9(5-14(19)17-12)4-13(11)18-15(20)10-2-7-1-8(7)3-10/h4,6-8,10H,1-3,5H2,(H,17,19)(H,18,20). The van der Waals surface area contributed by atoms with Crippen LogP contribution in [-0.2, 0) is 16.0 Å². The van der Waals surface area contributed by atoms with Gasteiger partial charge in [-0.05, 0) is 48.8 Å². The van der Waals surface area contributed by atoms with Gasteiger partial charge in [0, 0.05) is 11.6 Å². The summed E-state index contributed by atoms with van der Waals surface area (Å²) in [7, 11) is 0. The van der Waals surface area contributed by atoms with Crippen LogP contribution in [-0.4, -0.2) is 11.8 Å². The average molecular weight is 291 g/mol. The van der Waals surface area contributed by atoms with Crippen LogP contribution in [0.3, 0.4) is 0 Å². The maximum atomic E-state index is 12.2. The summed E-state index contributed by atoms with van der Waals surface area (Å²) in [6.07, 6.45) is 3.68. The van der Waals surface area contributed by atoms with Gasteiger partial charge in [0.05, 0.1) is 17.1 Å². The lowest BCUT2D eigenvalue weighted by atomic mass is 10.0. The van der Waals surface area contributed by atoms with Crippen molar-refractivity contribution in [2.45, 2.75) is 25.7 Å². The third kappa shape index (κ3) is 1.99. The second kappa shape index (κ2) is 4.22. The zero-order valence-corrected chi connectivity index (χ0v) is 11.7. The Morgan fingerprint density at radius 1 is 1.25 bits per heavy atom. The average Bonchev–Trinajstić information content (AvgIpc) is 2.83. The first-order valence-electron chi connectivity index (χ1n) is 7.03. The summed E-state index contributed by atoms with van der Waals surface area (Å²) < 4.78 is 0. The molecule has 4 nitrogen and oxygen atoms in total. The minimum Gasteiger partial charge on any atom is -0.325 e. The van der Waals surface area contributed by atoms with Crippen molar-refractivity contribution in [3.05, 3.63) is 22.7 Å². The Bertz CT molecular complexity index is 619. The van der Waals surface area contributed by atoms with E-state index in [1.54, 1.807) is 6.07 Å². The minimum absolute atomic E-state index is 0.0320. The van der Waals surface area contributed by atoms with Crippen molar-refractivity contribution in [1.29, 1.82) is 0 Å². The molecule has 20 heavy (non-hydrogen) atoms. The maximum absolute atomic E-state index is 12.2. The molecule has 1 aromatic carbocycles. The van der Waals surface area contributed by atoms with Crippen LogP contribution in [0.4, 0.5) is 11.4 Å². The van der Waals surface area contributed by atoms with Gasteiger partial charge in [-0.25, -0.2) is 0 Å². The van der Waals surface area contributed by atoms with E-state index in [1.165, 1.54) is 6.42 Å². The zero-order chi connectivity index (χ0) is 13.9. The van der Waals surface area contributed by atoms with Gasteiger partial charge in [-0.1, -0.05) is 11.6 Å². The topological polar surface area (TPSA) is 58.2 Å². The van der Waals surface area contributed by atoms with Crippen LogP contribution in [0.5, 0.6) is 0 Å². The number of carbonyl (C=O) groups excluding carboxylic acids is 2. The number of anilines is 2. The summed E-state index contributed by atoms with van der Waals surface area (Å²) >= 11 is 6.18. The van der Waals surface area contributed by atoms with E-state index in [2.05, 4.69) is 10.6 Å². The number of carbonyl (C=O) groups is 2. The summed E-state index contributed by atoms with van der Waals surface area (Å²) in [5.74, 6) is 1.72. The first-order valence-corrected chi connectivity index (χ1v) is 7.41. The number of benzene rings is 1. The van der Waals surface area contributed by atoms with Crippen LogP contribution in [0.2, 0.25) is 5.02 Å². The molecule has 3 aliphatic rings. The van der Waals surface area contributed by atoms with Gasteiger partial charge in [-0.3, -0.25) is 9.59 Å². The fourth-order valence-corrected chi connectivity index (χ4v) is 3.72. The molecule has 2 saturated carbocycles. The predicted molar refractivity (Wildman–Crippen MR) is 76.7 cm³/mol. The quantitative estimate of drug-likeness (QED) is 0.880. The highest BCUT2D eigenvalue weighted by Gasteiger charge is 2.48. The van der Waals surface area contributed by atoms with E-state index in [0.717, 1.165) is 35.9 Å². The molecule has 0 spiro atoms. The third-order valence-corrected chi connectivity index (χ3v) is 5.00. The smallest absolute Gasteiger partial charge is 0.228 e. The summed E-state index contributed by atoms with van der Waals surface area (Å²) in [6.45, 7) is 0. The number of nitrogens with one attached hydrogen (secondary N) is 2. The lowest BCUT2D eigenvalue weighted by Crippen LogP contribution is -2.21. The van der Waals surface area contributed by atoms with Crippen molar-refractivity contribution in [3.63, 3.8) is 0 Å². The van der Waals surface area contributed by atoms with Crippen LogP contribution >= 0.6 is 11.6 Å². The molecular weight excluding hydrogens is 276 g/mol. The number of rotatable bonds is 2. The fourth-order valence-electron chi connectivity index (χ4n) is 3.51. The fraction of sp³-hybridized carbons (Fsp3) is 0.467. The molecule has 2 aliphatic carbocycles. The Balaban J connectivity index is 1.52. The molecule has 1 aromatic rings. The molecule has 0 saturated heterocycles. The van der Waals surface area contributed by atoms with Gasteiger partial charge in [0.25, 0.3) is 0 Å². The van der Waals surface area contributed by atoms with E-state index < -0.39 is 0 Å². The lowest BCUT2D eigenvalue weighted by molar-refractivity contribution is -0.120. The number of amides is 2. The molecule has 5 heteroatoms. The molecule has 2 fully saturated rings. The first kappa shape index (κ1) is 12.2. The van der Waals surface area contributed by atoms with Gasteiger partial charge >= 0.3 is 0 Å². The number of fused-ring (bicyclic) bond motifs is 2. The highest BCUT2D eigenvalue weighted by Crippen LogP contribution is 2.54. The summed E-state index contributed by atoms with van der Waals surface area (Å²) in [4.78, 5) is 23.6. The molecule has 2 N–H and O–H groups in total. The molecule has 104 valence electrons. The second-order valence-corrected chi connectivity index (χ2v) is 6.53. The summed E-state index contributed by atoms with van der Waals surface area (Å²) in [6, 6.07) is 3.52. The molecule has 2 unspecified atom stereocenters. The van der Waals surface area contributed by atoms with Crippen molar-refractivity contribution < 1.29 is 9.59 Å². The molecule has 0 bridgehead atoms. The van der Waals surface area contributed by atoms with Crippen molar-refractivity contribution in [2.75, 3.05) is 10.6 Å². The van der Waals surface area contributed by atoms with E-state index in [0.29, 0.717) is 17.1 Å². The zero-order valence-electron chi connectivity index (χ0n) is 10.9. The Hall–Kier alpha value is -1.55. The second-order valence-electron chi connectivity index (χ2n) is 6.13. The van der Waals surface area contributed by atoms with Gasteiger partial charge in [0.1, 0.15) is 0 Å². The molecule has 2 atom stereocenters. The third-order valence-electron chi connectivity index (χ3n) is 4.69. The van der Waals surface area contributed by atoms with Crippen LogP contribution in [0.25, 0.3) is 0 Å². The van der Waals surface area contributed by atoms with E-state index in [1.807, 2.05) is 6.07 Å². The van der Waals surface area contributed by atoms with Gasteiger partial charge < -0.3 is 10.6 Å². The molecule has 0 aromatic heterocycles.